The molecule has 0 aromatic heterocycles. The van der Waals surface area contributed by atoms with E-state index in [0.717, 1.165) is 4.90 Å². The number of hydrogen-bond donors (Lipinski definition) is 0. The second-order valence-corrected chi connectivity index (χ2v) is 8.01. The van der Waals surface area contributed by atoms with Crippen LogP contribution < -0.4 is 0 Å². The molecule has 0 spiro atoms. The normalized spacial score (nSPS) is 13.1. The highest BCUT2D eigenvalue weighted by molar-refractivity contribution is 6.12. The smallest absolute Gasteiger partial charge is 0.302 e. The van der Waals surface area contributed by atoms with E-state index in [1.807, 2.05) is 0 Å². The Hall–Kier alpha value is -2.01. The van der Waals surface area contributed by atoms with Crippen molar-refractivity contribution < 1.29 is 61.8 Å². The van der Waals surface area contributed by atoms with Crippen LogP contribution in [0.4, 0.5) is 0 Å². The number of imide groups is 1. The Bertz CT molecular complexity index is 659. The maximum absolute atomic E-state index is 11.4. The summed E-state index contributed by atoms with van der Waals surface area (Å²) in [6.45, 7) is 9.80. The number of carbonyl (C=O) groups excluding carboxylic acids is 3. The van der Waals surface area contributed by atoms with Gasteiger partial charge in [-0.15, -0.1) is 0 Å². The van der Waals surface area contributed by atoms with Crippen molar-refractivity contribution in [1.82, 2.24) is 4.90 Å². The molecule has 0 saturated carbocycles. The SMILES string of the molecule is CC(=O)OCCOCCOCCOCCOCCOCCOCCOCCOCCOCCN1C(=O)C=CC1=O. The fourth-order valence-electron chi connectivity index (χ4n) is 2.91. The Morgan fingerprint density at radius 2 is 0.725 bits per heavy atom. The first-order chi connectivity index (χ1) is 19.6. The maximum Gasteiger partial charge on any atom is 0.302 e. The lowest BCUT2D eigenvalue weighted by molar-refractivity contribution is -0.142. The van der Waals surface area contributed by atoms with E-state index in [0.29, 0.717) is 112 Å². The van der Waals surface area contributed by atoms with E-state index in [-0.39, 0.29) is 37.5 Å². The first-order valence-corrected chi connectivity index (χ1v) is 13.5. The van der Waals surface area contributed by atoms with E-state index in [9.17, 15) is 14.4 Å². The summed E-state index contributed by atoms with van der Waals surface area (Å²) in [7, 11) is 0. The predicted octanol–water partition coefficient (Wildman–Crippen LogP) is -0.376. The van der Waals surface area contributed by atoms with Crippen LogP contribution in [0.15, 0.2) is 12.2 Å². The molecule has 1 rings (SSSR count). The molecule has 1 aliphatic rings. The number of hydrogen-bond acceptors (Lipinski definition) is 13. The largest absolute Gasteiger partial charge is 0.463 e. The van der Waals surface area contributed by atoms with E-state index in [1.165, 1.54) is 19.1 Å². The summed E-state index contributed by atoms with van der Waals surface area (Å²) in [4.78, 5) is 34.4. The molecule has 0 aromatic carbocycles. The Balaban J connectivity index is 1.64. The third-order valence-corrected chi connectivity index (χ3v) is 4.87. The van der Waals surface area contributed by atoms with Gasteiger partial charge in [0.2, 0.25) is 0 Å². The van der Waals surface area contributed by atoms with Gasteiger partial charge in [0.05, 0.1) is 125 Å². The van der Waals surface area contributed by atoms with Gasteiger partial charge in [0.1, 0.15) is 6.61 Å². The Morgan fingerprint density at radius 3 is 1.00 bits per heavy atom. The van der Waals surface area contributed by atoms with Crippen LogP contribution in [0.5, 0.6) is 0 Å². The second-order valence-electron chi connectivity index (χ2n) is 8.01. The molecule has 2 amide bonds. The summed E-state index contributed by atoms with van der Waals surface area (Å²) < 4.78 is 53.2. The standard InChI is InChI=1S/C26H45NO13/c1-24(28)40-23-22-39-21-20-38-19-18-37-17-16-36-15-14-35-13-12-34-11-10-33-9-8-32-7-6-31-5-4-27-25(29)2-3-26(27)30/h2-3H,4-23H2,1H3. The van der Waals surface area contributed by atoms with Gasteiger partial charge in [0.15, 0.2) is 0 Å². The van der Waals surface area contributed by atoms with Crippen molar-refractivity contribution in [2.24, 2.45) is 0 Å². The van der Waals surface area contributed by atoms with Gasteiger partial charge in [-0.05, 0) is 0 Å². The van der Waals surface area contributed by atoms with Crippen LogP contribution in [0, 0.1) is 0 Å². The minimum absolute atomic E-state index is 0.238. The molecule has 0 aromatic rings. The molecule has 0 N–H and O–H groups in total. The Kier molecular flexibility index (Phi) is 24.5. The zero-order valence-electron chi connectivity index (χ0n) is 23.6. The molecule has 1 heterocycles. The van der Waals surface area contributed by atoms with Crippen molar-refractivity contribution in [3.05, 3.63) is 12.2 Å². The third kappa shape index (κ3) is 22.8. The monoisotopic (exact) mass is 579 g/mol. The minimum atomic E-state index is -0.317. The van der Waals surface area contributed by atoms with Gasteiger partial charge < -0.3 is 47.4 Å². The van der Waals surface area contributed by atoms with Crippen LogP contribution in [0.25, 0.3) is 0 Å². The van der Waals surface area contributed by atoms with Crippen LogP contribution in [-0.4, -0.2) is 155 Å². The second kappa shape index (κ2) is 27.2. The average Bonchev–Trinajstić information content (AvgIpc) is 3.26. The van der Waals surface area contributed by atoms with Gasteiger partial charge in [-0.1, -0.05) is 0 Å². The molecule has 0 unspecified atom stereocenters. The number of esters is 1. The first-order valence-electron chi connectivity index (χ1n) is 13.5. The lowest BCUT2D eigenvalue weighted by Crippen LogP contribution is -2.33. The molecule has 14 heteroatoms. The van der Waals surface area contributed by atoms with Crippen molar-refractivity contribution >= 4 is 17.8 Å². The highest BCUT2D eigenvalue weighted by Gasteiger charge is 2.22. The van der Waals surface area contributed by atoms with Crippen LogP contribution >= 0.6 is 0 Å². The van der Waals surface area contributed by atoms with Gasteiger partial charge >= 0.3 is 5.97 Å². The average molecular weight is 580 g/mol. The molecule has 0 radical (unpaired) electrons. The molecule has 0 fully saturated rings. The quantitative estimate of drug-likeness (QED) is 0.0620. The minimum Gasteiger partial charge on any atom is -0.463 e. The molecule has 0 bridgehead atoms. The zero-order chi connectivity index (χ0) is 28.9. The molecular formula is C26H45NO13. The Labute approximate surface area is 236 Å². The van der Waals surface area contributed by atoms with Crippen molar-refractivity contribution in [3.8, 4) is 0 Å². The van der Waals surface area contributed by atoms with Gasteiger partial charge in [-0.2, -0.15) is 0 Å². The molecular weight excluding hydrogens is 534 g/mol. The molecule has 0 atom stereocenters. The third-order valence-electron chi connectivity index (χ3n) is 4.87. The van der Waals surface area contributed by atoms with E-state index in [2.05, 4.69) is 0 Å². The number of ether oxygens (including phenoxy) is 10. The van der Waals surface area contributed by atoms with Crippen molar-refractivity contribution in [2.75, 3.05) is 132 Å². The molecule has 14 nitrogen and oxygen atoms in total. The lowest BCUT2D eigenvalue weighted by atomic mass is 10.5. The zero-order valence-corrected chi connectivity index (χ0v) is 23.6. The van der Waals surface area contributed by atoms with Crippen LogP contribution in [0.1, 0.15) is 6.92 Å². The fraction of sp³-hybridized carbons (Fsp3) is 0.808. The number of rotatable bonds is 30. The van der Waals surface area contributed by atoms with E-state index >= 15 is 0 Å². The molecule has 232 valence electrons. The summed E-state index contributed by atoms with van der Waals surface area (Å²) in [6.07, 6.45) is 2.50. The van der Waals surface area contributed by atoms with E-state index in [4.69, 9.17) is 47.4 Å². The summed E-state index contributed by atoms with van der Waals surface area (Å²) in [5.41, 5.74) is 0. The van der Waals surface area contributed by atoms with Gasteiger partial charge in [-0.25, -0.2) is 0 Å². The van der Waals surface area contributed by atoms with Gasteiger partial charge in [0.25, 0.3) is 11.8 Å². The Morgan fingerprint density at radius 1 is 0.475 bits per heavy atom. The van der Waals surface area contributed by atoms with E-state index in [1.54, 1.807) is 0 Å². The van der Waals surface area contributed by atoms with E-state index < -0.39 is 0 Å². The van der Waals surface area contributed by atoms with Crippen molar-refractivity contribution in [1.29, 1.82) is 0 Å². The number of nitrogens with zero attached hydrogens (tertiary/aromatic N) is 1. The van der Waals surface area contributed by atoms with Gasteiger partial charge in [-0.3, -0.25) is 19.3 Å². The van der Waals surface area contributed by atoms with Crippen molar-refractivity contribution in [3.63, 3.8) is 0 Å². The molecule has 0 saturated heterocycles. The summed E-state index contributed by atoms with van der Waals surface area (Å²) in [5, 5.41) is 0. The number of carbonyl (C=O) groups is 3. The topological polar surface area (TPSA) is 147 Å². The highest BCUT2D eigenvalue weighted by Crippen LogP contribution is 2.02. The highest BCUT2D eigenvalue weighted by atomic mass is 16.6. The maximum atomic E-state index is 11.4. The van der Waals surface area contributed by atoms with Crippen LogP contribution in [0.3, 0.4) is 0 Å². The summed E-state index contributed by atoms with van der Waals surface area (Å²) in [6, 6.07) is 0. The molecule has 0 aliphatic carbocycles. The van der Waals surface area contributed by atoms with Gasteiger partial charge in [0, 0.05) is 19.1 Å². The lowest BCUT2D eigenvalue weighted by Gasteiger charge is -2.13. The number of amides is 2. The molecule has 40 heavy (non-hydrogen) atoms. The fourth-order valence-corrected chi connectivity index (χ4v) is 2.91. The predicted molar refractivity (Wildman–Crippen MR) is 140 cm³/mol. The summed E-state index contributed by atoms with van der Waals surface area (Å²) in [5.74, 6) is -0.935. The molecule has 1 aliphatic heterocycles. The summed E-state index contributed by atoms with van der Waals surface area (Å²) >= 11 is 0. The van der Waals surface area contributed by atoms with Crippen molar-refractivity contribution in [2.45, 2.75) is 6.92 Å². The first kappa shape index (κ1) is 36.0. The van der Waals surface area contributed by atoms with Crippen LogP contribution in [0.2, 0.25) is 0 Å². The van der Waals surface area contributed by atoms with Crippen LogP contribution in [-0.2, 0) is 61.8 Å².